The zero-order chi connectivity index (χ0) is 15.1. The molecule has 4 N–H and O–H groups in total. The molecule has 0 atom stereocenters. The Morgan fingerprint density at radius 1 is 1.30 bits per heavy atom. The van der Waals surface area contributed by atoms with Crippen molar-refractivity contribution in [3.8, 4) is 0 Å². The summed E-state index contributed by atoms with van der Waals surface area (Å²) in [5.41, 5.74) is 5.82. The van der Waals surface area contributed by atoms with E-state index in [1.54, 1.807) is 0 Å². The molecular formula is C11H14F3N3O2S. The van der Waals surface area contributed by atoms with Gasteiger partial charge in [0.15, 0.2) is 0 Å². The van der Waals surface area contributed by atoms with Gasteiger partial charge in [-0.1, -0.05) is 0 Å². The molecule has 0 saturated heterocycles. The van der Waals surface area contributed by atoms with E-state index in [9.17, 15) is 21.6 Å². The highest BCUT2D eigenvalue weighted by Gasteiger charge is 2.38. The number of hydrogen-bond donors (Lipinski definition) is 2. The summed E-state index contributed by atoms with van der Waals surface area (Å²) in [6, 6.07) is 3.29. The summed E-state index contributed by atoms with van der Waals surface area (Å²) in [7, 11) is -3.93. The molecule has 2 rings (SSSR count). The molecule has 0 spiro atoms. The Morgan fingerprint density at radius 2 is 1.90 bits per heavy atom. The fourth-order valence-corrected chi connectivity index (χ4v) is 2.51. The number of rotatable bonds is 4. The van der Waals surface area contributed by atoms with Crippen molar-refractivity contribution in [2.24, 2.45) is 5.14 Å². The van der Waals surface area contributed by atoms with E-state index >= 15 is 0 Å². The van der Waals surface area contributed by atoms with Crippen LogP contribution in [0.1, 0.15) is 12.8 Å². The third kappa shape index (κ3) is 3.54. The van der Waals surface area contributed by atoms with Gasteiger partial charge in [-0.15, -0.1) is 0 Å². The maximum absolute atomic E-state index is 12.6. The number of primary sulfonamides is 1. The molecule has 1 aliphatic rings. The van der Waals surface area contributed by atoms with Crippen molar-refractivity contribution in [2.45, 2.75) is 30.0 Å². The van der Waals surface area contributed by atoms with Crippen LogP contribution in [-0.2, 0) is 10.0 Å². The molecule has 0 aliphatic heterocycles. The van der Waals surface area contributed by atoms with Gasteiger partial charge in [0.1, 0.15) is 6.54 Å². The number of hydrogen-bond acceptors (Lipinski definition) is 4. The SMILES string of the molecule is Nc1cc(S(N)(=O)=O)ccc1N(CC(F)(F)F)C1CC1. The van der Waals surface area contributed by atoms with Crippen LogP contribution in [-0.4, -0.2) is 27.2 Å². The third-order valence-corrected chi connectivity index (χ3v) is 3.89. The zero-order valence-electron chi connectivity index (χ0n) is 10.4. The van der Waals surface area contributed by atoms with Gasteiger partial charge in [0.25, 0.3) is 0 Å². The summed E-state index contributed by atoms with van der Waals surface area (Å²) in [6.07, 6.45) is -3.04. The minimum atomic E-state index is -4.35. The van der Waals surface area contributed by atoms with E-state index in [1.807, 2.05) is 0 Å². The average molecular weight is 309 g/mol. The van der Waals surface area contributed by atoms with Gasteiger partial charge in [-0.3, -0.25) is 0 Å². The highest BCUT2D eigenvalue weighted by molar-refractivity contribution is 7.89. The molecule has 1 aromatic carbocycles. The van der Waals surface area contributed by atoms with Gasteiger partial charge in [0.2, 0.25) is 10.0 Å². The van der Waals surface area contributed by atoms with Crippen LogP contribution in [0.25, 0.3) is 0 Å². The topological polar surface area (TPSA) is 89.4 Å². The van der Waals surface area contributed by atoms with E-state index in [1.165, 1.54) is 6.07 Å². The molecule has 1 fully saturated rings. The van der Waals surface area contributed by atoms with E-state index in [0.717, 1.165) is 17.0 Å². The second-order valence-corrected chi connectivity index (χ2v) is 6.30. The lowest BCUT2D eigenvalue weighted by Gasteiger charge is -2.27. The van der Waals surface area contributed by atoms with E-state index in [0.29, 0.717) is 12.8 Å². The van der Waals surface area contributed by atoms with Crippen molar-refractivity contribution >= 4 is 21.4 Å². The first-order chi connectivity index (χ1) is 9.08. The quantitative estimate of drug-likeness (QED) is 0.824. The molecule has 1 saturated carbocycles. The smallest absolute Gasteiger partial charge is 0.397 e. The highest BCUT2D eigenvalue weighted by atomic mass is 32.2. The van der Waals surface area contributed by atoms with Crippen LogP contribution < -0.4 is 15.8 Å². The Kier molecular flexibility index (Phi) is 3.59. The Labute approximate surface area is 114 Å². The number of nitrogens with zero attached hydrogens (tertiary/aromatic N) is 1. The van der Waals surface area contributed by atoms with E-state index in [2.05, 4.69) is 0 Å². The van der Waals surface area contributed by atoms with Gasteiger partial charge in [0, 0.05) is 6.04 Å². The summed E-state index contributed by atoms with van der Waals surface area (Å²) in [4.78, 5) is 0.934. The summed E-state index contributed by atoms with van der Waals surface area (Å²) in [6.45, 7) is -1.11. The van der Waals surface area contributed by atoms with Crippen molar-refractivity contribution in [1.29, 1.82) is 0 Å². The lowest BCUT2D eigenvalue weighted by atomic mass is 10.2. The molecule has 0 bridgehead atoms. The van der Waals surface area contributed by atoms with E-state index in [-0.39, 0.29) is 22.3 Å². The van der Waals surface area contributed by atoms with Crippen molar-refractivity contribution in [3.05, 3.63) is 18.2 Å². The van der Waals surface area contributed by atoms with Crippen LogP contribution >= 0.6 is 0 Å². The van der Waals surface area contributed by atoms with Gasteiger partial charge in [-0.05, 0) is 31.0 Å². The zero-order valence-corrected chi connectivity index (χ0v) is 11.2. The number of anilines is 2. The number of halogens is 3. The van der Waals surface area contributed by atoms with Crippen LogP contribution in [0.15, 0.2) is 23.1 Å². The van der Waals surface area contributed by atoms with Gasteiger partial charge in [-0.25, -0.2) is 13.6 Å². The lowest BCUT2D eigenvalue weighted by Crippen LogP contribution is -2.36. The molecule has 0 radical (unpaired) electrons. The molecule has 20 heavy (non-hydrogen) atoms. The van der Waals surface area contributed by atoms with Crippen LogP contribution in [0.2, 0.25) is 0 Å². The Hall–Kier alpha value is -1.48. The Bertz CT molecular complexity index is 612. The number of nitrogens with two attached hydrogens (primary N) is 2. The van der Waals surface area contributed by atoms with Gasteiger partial charge < -0.3 is 10.6 Å². The highest BCUT2D eigenvalue weighted by Crippen LogP contribution is 2.37. The van der Waals surface area contributed by atoms with E-state index in [4.69, 9.17) is 10.9 Å². The van der Waals surface area contributed by atoms with Gasteiger partial charge in [-0.2, -0.15) is 13.2 Å². The van der Waals surface area contributed by atoms with Crippen molar-refractivity contribution < 1.29 is 21.6 Å². The second kappa shape index (κ2) is 4.81. The molecule has 0 heterocycles. The van der Waals surface area contributed by atoms with E-state index < -0.39 is 22.7 Å². The number of alkyl halides is 3. The monoisotopic (exact) mass is 309 g/mol. The lowest BCUT2D eigenvalue weighted by molar-refractivity contribution is -0.119. The first-order valence-electron chi connectivity index (χ1n) is 5.83. The Morgan fingerprint density at radius 3 is 2.30 bits per heavy atom. The van der Waals surface area contributed by atoms with Crippen LogP contribution in [0.4, 0.5) is 24.5 Å². The largest absolute Gasteiger partial charge is 0.405 e. The first kappa shape index (κ1) is 14.9. The Balaban J connectivity index is 2.35. The summed E-state index contributed by atoms with van der Waals surface area (Å²) >= 11 is 0. The van der Waals surface area contributed by atoms with Crippen LogP contribution in [0.3, 0.4) is 0 Å². The molecule has 112 valence electrons. The molecule has 0 unspecified atom stereocenters. The molecule has 0 amide bonds. The first-order valence-corrected chi connectivity index (χ1v) is 7.38. The molecule has 1 aromatic rings. The fraction of sp³-hybridized carbons (Fsp3) is 0.455. The minimum absolute atomic E-state index is 0.0346. The molecule has 5 nitrogen and oxygen atoms in total. The molecule has 1 aliphatic carbocycles. The van der Waals surface area contributed by atoms with Gasteiger partial charge >= 0.3 is 6.18 Å². The second-order valence-electron chi connectivity index (χ2n) is 4.74. The molecule has 0 aromatic heterocycles. The third-order valence-electron chi connectivity index (χ3n) is 2.97. The van der Waals surface area contributed by atoms with Crippen molar-refractivity contribution in [3.63, 3.8) is 0 Å². The predicted octanol–water partition coefficient (Wildman–Crippen LogP) is 1.45. The van der Waals surface area contributed by atoms with Crippen LogP contribution in [0, 0.1) is 0 Å². The standard InChI is InChI=1S/C11H14F3N3O2S/c12-11(13,14)6-17(7-1-2-7)10-4-3-8(5-9(10)15)20(16,18)19/h3-5,7H,1-2,6,15H2,(H2,16,18,19). The predicted molar refractivity (Wildman–Crippen MR) is 68.7 cm³/mol. The number of benzene rings is 1. The minimum Gasteiger partial charge on any atom is -0.397 e. The van der Waals surface area contributed by atoms with Crippen molar-refractivity contribution in [1.82, 2.24) is 0 Å². The summed E-state index contributed by atoms with van der Waals surface area (Å²) in [5.74, 6) is 0. The maximum Gasteiger partial charge on any atom is 0.405 e. The average Bonchev–Trinajstić information content (AvgIpc) is 3.07. The fourth-order valence-electron chi connectivity index (χ4n) is 1.96. The molecular weight excluding hydrogens is 295 g/mol. The van der Waals surface area contributed by atoms with Crippen LogP contribution in [0.5, 0.6) is 0 Å². The normalized spacial score (nSPS) is 16.2. The van der Waals surface area contributed by atoms with Gasteiger partial charge in [0.05, 0.1) is 16.3 Å². The summed E-state index contributed by atoms with van der Waals surface area (Å²) < 4.78 is 60.1. The maximum atomic E-state index is 12.6. The molecule has 9 heteroatoms. The van der Waals surface area contributed by atoms with Crippen molar-refractivity contribution in [2.75, 3.05) is 17.2 Å². The number of sulfonamides is 1. The summed E-state index contributed by atoms with van der Waals surface area (Å²) in [5, 5.41) is 4.95. The number of nitrogen functional groups attached to an aromatic ring is 1.